The van der Waals surface area contributed by atoms with Crippen molar-refractivity contribution in [1.29, 1.82) is 0 Å². The van der Waals surface area contributed by atoms with Crippen molar-refractivity contribution in [3.8, 4) is 0 Å². The Kier molecular flexibility index (Phi) is 5.21. The summed E-state index contributed by atoms with van der Waals surface area (Å²) in [4.78, 5) is 14.3. The van der Waals surface area contributed by atoms with Crippen LogP contribution in [0.2, 0.25) is 0 Å². The molecule has 2 aromatic carbocycles. The lowest BCUT2D eigenvalue weighted by Crippen LogP contribution is -2.41. The van der Waals surface area contributed by atoms with E-state index in [-0.39, 0.29) is 0 Å². The van der Waals surface area contributed by atoms with Gasteiger partial charge in [0.05, 0.1) is 6.54 Å². The van der Waals surface area contributed by atoms with Crippen LogP contribution < -0.4 is 4.90 Å². The Bertz CT molecular complexity index is 768. The number of amides is 1. The Labute approximate surface area is 137 Å². The van der Waals surface area contributed by atoms with Crippen LogP contribution >= 0.6 is 0 Å². The molecule has 5 heteroatoms. The molecule has 0 unspecified atom stereocenters. The average molecular weight is 331 g/mol. The number of rotatable bonds is 5. The van der Waals surface area contributed by atoms with Crippen LogP contribution in [0.25, 0.3) is 0 Å². The van der Waals surface area contributed by atoms with Crippen LogP contribution in [0.1, 0.15) is 18.1 Å². The molecule has 0 aliphatic heterocycles. The van der Waals surface area contributed by atoms with Gasteiger partial charge in [0.25, 0.3) is 0 Å². The zero-order valence-corrected chi connectivity index (χ0v) is 14.4. The van der Waals surface area contributed by atoms with Gasteiger partial charge < -0.3 is 4.90 Å². The maximum absolute atomic E-state index is 12.7. The molecule has 0 saturated carbocycles. The topological polar surface area (TPSA) is 54.5 Å². The summed E-state index contributed by atoms with van der Waals surface area (Å²) in [6.45, 7) is 3.73. The Morgan fingerprint density at radius 2 is 1.61 bits per heavy atom. The molecule has 1 atom stereocenters. The molecular formula is C18H21NO3S. The fourth-order valence-corrected chi connectivity index (χ4v) is 2.68. The van der Waals surface area contributed by atoms with E-state index in [1.165, 1.54) is 11.8 Å². The van der Waals surface area contributed by atoms with Gasteiger partial charge in [-0.1, -0.05) is 48.0 Å². The van der Waals surface area contributed by atoms with Gasteiger partial charge in [-0.15, -0.1) is 0 Å². The molecule has 0 aliphatic rings. The van der Waals surface area contributed by atoms with E-state index >= 15 is 0 Å². The average Bonchev–Trinajstić information content (AvgIpc) is 2.52. The lowest BCUT2D eigenvalue weighted by molar-refractivity contribution is -0.118. The molecule has 0 bridgehead atoms. The minimum Gasteiger partial charge on any atom is -0.307 e. The molecule has 0 N–H and O–H groups in total. The van der Waals surface area contributed by atoms with Gasteiger partial charge in [-0.3, -0.25) is 4.79 Å². The molecule has 0 fully saturated rings. The number of aryl methyl sites for hydroxylation is 1. The highest BCUT2D eigenvalue weighted by atomic mass is 32.2. The number of sulfone groups is 1. The minimum atomic E-state index is -3.45. The predicted octanol–water partition coefficient (Wildman–Crippen LogP) is 2.96. The van der Waals surface area contributed by atoms with Gasteiger partial charge in [-0.25, -0.2) is 8.42 Å². The van der Waals surface area contributed by atoms with E-state index in [0.29, 0.717) is 12.2 Å². The molecule has 23 heavy (non-hydrogen) atoms. The lowest BCUT2D eigenvalue weighted by Gasteiger charge is -2.25. The molecule has 0 aliphatic carbocycles. The summed E-state index contributed by atoms with van der Waals surface area (Å²) in [5, 5.41) is -1.08. The number of carbonyl (C=O) groups is 1. The van der Waals surface area contributed by atoms with Crippen molar-refractivity contribution in [2.24, 2.45) is 0 Å². The third-order valence-electron chi connectivity index (χ3n) is 3.79. The maximum atomic E-state index is 12.7. The molecule has 0 spiro atoms. The summed E-state index contributed by atoms with van der Waals surface area (Å²) in [6, 6.07) is 17.0. The van der Waals surface area contributed by atoms with Gasteiger partial charge >= 0.3 is 0 Å². The van der Waals surface area contributed by atoms with Crippen molar-refractivity contribution in [2.75, 3.05) is 11.2 Å². The molecular weight excluding hydrogens is 310 g/mol. The second kappa shape index (κ2) is 6.96. The summed E-state index contributed by atoms with van der Waals surface area (Å²) in [5.41, 5.74) is 2.72. The molecule has 0 saturated heterocycles. The van der Waals surface area contributed by atoms with Gasteiger partial charge in [0.2, 0.25) is 5.91 Å². The van der Waals surface area contributed by atoms with Crippen LogP contribution in [-0.2, 0) is 21.2 Å². The quantitative estimate of drug-likeness (QED) is 0.846. The molecule has 0 heterocycles. The third-order valence-corrected chi connectivity index (χ3v) is 5.27. The molecule has 1 amide bonds. The number of hydrogen-bond donors (Lipinski definition) is 0. The SMILES string of the molecule is Cc1ccc(N(Cc2ccccc2)C(=O)[C@H](C)S(C)(=O)=O)cc1. The first-order chi connectivity index (χ1) is 10.8. The van der Waals surface area contributed by atoms with Crippen LogP contribution in [0.4, 0.5) is 5.69 Å². The van der Waals surface area contributed by atoms with Crippen molar-refractivity contribution in [3.05, 3.63) is 65.7 Å². The number of carbonyl (C=O) groups excluding carboxylic acids is 1. The summed E-state index contributed by atoms with van der Waals surface area (Å²) >= 11 is 0. The predicted molar refractivity (Wildman–Crippen MR) is 93.1 cm³/mol. The fraction of sp³-hybridized carbons (Fsp3) is 0.278. The monoisotopic (exact) mass is 331 g/mol. The second-order valence-electron chi connectivity index (χ2n) is 5.72. The van der Waals surface area contributed by atoms with E-state index in [1.807, 2.05) is 61.5 Å². The zero-order chi connectivity index (χ0) is 17.0. The van der Waals surface area contributed by atoms with Crippen LogP contribution in [0.3, 0.4) is 0 Å². The lowest BCUT2D eigenvalue weighted by atomic mass is 10.1. The molecule has 122 valence electrons. The Balaban J connectivity index is 2.38. The van der Waals surface area contributed by atoms with Crippen molar-refractivity contribution in [2.45, 2.75) is 25.6 Å². The van der Waals surface area contributed by atoms with Crippen molar-refractivity contribution in [3.63, 3.8) is 0 Å². The van der Waals surface area contributed by atoms with Crippen molar-refractivity contribution in [1.82, 2.24) is 0 Å². The normalized spacial score (nSPS) is 12.7. The zero-order valence-electron chi connectivity index (χ0n) is 13.6. The van der Waals surface area contributed by atoms with Crippen LogP contribution in [0.15, 0.2) is 54.6 Å². The van der Waals surface area contributed by atoms with Gasteiger partial charge in [0.15, 0.2) is 9.84 Å². The molecule has 0 aromatic heterocycles. The number of hydrogen-bond acceptors (Lipinski definition) is 3. The summed E-state index contributed by atoms with van der Waals surface area (Å²) in [5.74, 6) is -0.416. The van der Waals surface area contributed by atoms with Crippen molar-refractivity contribution >= 4 is 21.4 Å². The van der Waals surface area contributed by atoms with Gasteiger partial charge in [0, 0.05) is 11.9 Å². The minimum absolute atomic E-state index is 0.336. The second-order valence-corrected chi connectivity index (χ2v) is 8.08. The highest BCUT2D eigenvalue weighted by Crippen LogP contribution is 2.20. The fourth-order valence-electron chi connectivity index (χ4n) is 2.19. The molecule has 0 radical (unpaired) electrons. The Morgan fingerprint density at radius 3 is 2.13 bits per heavy atom. The highest BCUT2D eigenvalue weighted by molar-refractivity contribution is 7.92. The van der Waals surface area contributed by atoms with Gasteiger partial charge in [-0.2, -0.15) is 0 Å². The standard InChI is InChI=1S/C18H21NO3S/c1-14-9-11-17(12-10-14)19(13-16-7-5-4-6-8-16)18(20)15(2)23(3,21)22/h4-12,15H,13H2,1-3H3/t15-/m0/s1. The Hall–Kier alpha value is -2.14. The summed E-state index contributed by atoms with van der Waals surface area (Å²) < 4.78 is 23.5. The first kappa shape index (κ1) is 17.2. The van der Waals surface area contributed by atoms with Crippen LogP contribution in [0.5, 0.6) is 0 Å². The smallest absolute Gasteiger partial charge is 0.245 e. The number of nitrogens with zero attached hydrogens (tertiary/aromatic N) is 1. The van der Waals surface area contributed by atoms with Crippen LogP contribution in [0, 0.1) is 6.92 Å². The van der Waals surface area contributed by atoms with E-state index in [2.05, 4.69) is 0 Å². The molecule has 2 aromatic rings. The number of benzene rings is 2. The molecule has 4 nitrogen and oxygen atoms in total. The Morgan fingerprint density at radius 1 is 1.04 bits per heavy atom. The van der Waals surface area contributed by atoms with Crippen LogP contribution in [-0.4, -0.2) is 25.8 Å². The van der Waals surface area contributed by atoms with E-state index < -0.39 is 21.0 Å². The first-order valence-electron chi connectivity index (χ1n) is 7.40. The van der Waals surface area contributed by atoms with Gasteiger partial charge in [-0.05, 0) is 31.5 Å². The number of anilines is 1. The summed E-state index contributed by atoms with van der Waals surface area (Å²) in [7, 11) is -3.45. The molecule has 2 rings (SSSR count). The van der Waals surface area contributed by atoms with E-state index in [0.717, 1.165) is 17.4 Å². The first-order valence-corrected chi connectivity index (χ1v) is 9.35. The van der Waals surface area contributed by atoms with Crippen molar-refractivity contribution < 1.29 is 13.2 Å². The van der Waals surface area contributed by atoms with E-state index in [1.54, 1.807) is 0 Å². The largest absolute Gasteiger partial charge is 0.307 e. The van der Waals surface area contributed by atoms with E-state index in [4.69, 9.17) is 0 Å². The van der Waals surface area contributed by atoms with Gasteiger partial charge in [0.1, 0.15) is 5.25 Å². The summed E-state index contributed by atoms with van der Waals surface area (Å²) in [6.07, 6.45) is 1.09. The third kappa shape index (κ3) is 4.42. The maximum Gasteiger partial charge on any atom is 0.245 e. The van der Waals surface area contributed by atoms with E-state index in [9.17, 15) is 13.2 Å². The highest BCUT2D eigenvalue weighted by Gasteiger charge is 2.29.